The van der Waals surface area contributed by atoms with Crippen LogP contribution < -0.4 is 10.6 Å². The molecule has 0 spiro atoms. The number of carbonyl (C=O) groups excluding carboxylic acids is 2. The second-order valence-corrected chi connectivity index (χ2v) is 5.64. The molecule has 1 heterocycles. The molecule has 0 aromatic rings. The van der Waals surface area contributed by atoms with Crippen molar-refractivity contribution < 1.29 is 39.5 Å². The summed E-state index contributed by atoms with van der Waals surface area (Å²) in [6.07, 6.45) is -4.72. The molecule has 0 bridgehead atoms. The van der Waals surface area contributed by atoms with Crippen LogP contribution in [0.5, 0.6) is 0 Å². The quantitative estimate of drug-likeness (QED) is 0.316. The minimum atomic E-state index is -2.70. The third kappa shape index (κ3) is 4.61. The molecule has 1 saturated heterocycles. The van der Waals surface area contributed by atoms with Crippen LogP contribution in [0, 0.1) is 0 Å². The number of hydrogen-bond donors (Lipinski definition) is 6. The van der Waals surface area contributed by atoms with Crippen LogP contribution in [0.4, 0.5) is 0 Å². The molecule has 132 valence electrons. The first-order valence-electron chi connectivity index (χ1n) is 7.02. The Bertz CT molecular complexity index is 465. The SMILES string of the molecule is CC(=O)N[C@H]([C@@H]1O[C@](O)(C(=O)O)C[C@H](O)[C@H]1NC(C)=O)[C@@H](C)O. The third-order valence-electron chi connectivity index (χ3n) is 3.53. The number of carboxylic acids is 1. The predicted molar refractivity (Wildman–Crippen MR) is 75.0 cm³/mol. The van der Waals surface area contributed by atoms with Crippen molar-refractivity contribution in [2.75, 3.05) is 0 Å². The maximum absolute atomic E-state index is 11.3. The normalized spacial score (nSPS) is 33.4. The fourth-order valence-electron chi connectivity index (χ4n) is 2.54. The average Bonchev–Trinajstić information content (AvgIpc) is 2.38. The predicted octanol–water partition coefficient (Wildman–Crippen LogP) is -2.70. The number of nitrogens with one attached hydrogen (secondary N) is 2. The molecule has 6 atom stereocenters. The summed E-state index contributed by atoms with van der Waals surface area (Å²) in [4.78, 5) is 33.8. The van der Waals surface area contributed by atoms with E-state index < -0.39 is 60.4 Å². The molecule has 1 aliphatic heterocycles. The molecule has 0 radical (unpaired) electrons. The largest absolute Gasteiger partial charge is 0.477 e. The Hall–Kier alpha value is -1.75. The number of ether oxygens (including phenoxy) is 1. The second-order valence-electron chi connectivity index (χ2n) is 5.64. The Morgan fingerprint density at radius 3 is 2.22 bits per heavy atom. The van der Waals surface area contributed by atoms with Crippen molar-refractivity contribution in [2.45, 2.75) is 63.4 Å². The smallest absolute Gasteiger partial charge is 0.364 e. The molecule has 0 saturated carbocycles. The minimum Gasteiger partial charge on any atom is -0.477 e. The van der Waals surface area contributed by atoms with Gasteiger partial charge >= 0.3 is 5.97 Å². The van der Waals surface area contributed by atoms with Crippen LogP contribution in [0.15, 0.2) is 0 Å². The van der Waals surface area contributed by atoms with Gasteiger partial charge in [0.15, 0.2) is 0 Å². The van der Waals surface area contributed by atoms with Gasteiger partial charge in [-0.15, -0.1) is 0 Å². The maximum Gasteiger partial charge on any atom is 0.364 e. The highest BCUT2D eigenvalue weighted by Crippen LogP contribution is 2.30. The van der Waals surface area contributed by atoms with E-state index in [2.05, 4.69) is 10.6 Å². The zero-order valence-corrected chi connectivity index (χ0v) is 13.0. The standard InChI is InChI=1S/C13H22N2O8/c1-5(16)9(14-6(2)17)11-10(15-7(3)18)8(19)4-13(22,23-11)12(20)21/h5,8-11,16,19,22H,4H2,1-3H3,(H,14,17)(H,15,18)(H,20,21)/t5-,8+,9+,10-,11+,13+/m1/s1. The van der Waals surface area contributed by atoms with Crippen LogP contribution in [0.1, 0.15) is 27.2 Å². The molecule has 0 unspecified atom stereocenters. The van der Waals surface area contributed by atoms with Crippen molar-refractivity contribution in [3.8, 4) is 0 Å². The Balaban J connectivity index is 3.21. The van der Waals surface area contributed by atoms with Gasteiger partial charge in [0, 0.05) is 20.3 Å². The van der Waals surface area contributed by atoms with Gasteiger partial charge in [0.05, 0.1) is 24.3 Å². The molecule has 10 nitrogen and oxygen atoms in total. The summed E-state index contributed by atoms with van der Waals surface area (Å²) in [6.45, 7) is 3.67. The highest BCUT2D eigenvalue weighted by atomic mass is 16.7. The van der Waals surface area contributed by atoms with Gasteiger partial charge in [0.2, 0.25) is 11.8 Å². The van der Waals surface area contributed by atoms with E-state index in [0.717, 1.165) is 0 Å². The van der Waals surface area contributed by atoms with Crippen LogP contribution in [-0.4, -0.2) is 74.4 Å². The Kier molecular flexibility index (Phi) is 6.05. The van der Waals surface area contributed by atoms with Crippen molar-refractivity contribution >= 4 is 17.8 Å². The number of aliphatic carboxylic acids is 1. The van der Waals surface area contributed by atoms with Crippen LogP contribution in [-0.2, 0) is 19.1 Å². The lowest BCUT2D eigenvalue weighted by atomic mass is 9.87. The van der Waals surface area contributed by atoms with Gasteiger partial charge < -0.3 is 35.8 Å². The number of carbonyl (C=O) groups is 3. The second kappa shape index (κ2) is 7.21. The Morgan fingerprint density at radius 1 is 1.26 bits per heavy atom. The summed E-state index contributed by atoms with van der Waals surface area (Å²) < 4.78 is 5.15. The summed E-state index contributed by atoms with van der Waals surface area (Å²) in [5.41, 5.74) is 0. The van der Waals surface area contributed by atoms with E-state index in [1.165, 1.54) is 20.8 Å². The van der Waals surface area contributed by atoms with Crippen LogP contribution in [0.3, 0.4) is 0 Å². The monoisotopic (exact) mass is 334 g/mol. The maximum atomic E-state index is 11.3. The molecule has 1 rings (SSSR count). The van der Waals surface area contributed by atoms with Crippen LogP contribution >= 0.6 is 0 Å². The summed E-state index contributed by atoms with van der Waals surface area (Å²) in [5.74, 6) is -5.50. The Morgan fingerprint density at radius 2 is 1.83 bits per heavy atom. The lowest BCUT2D eigenvalue weighted by Crippen LogP contribution is -2.69. The number of amides is 2. The summed E-state index contributed by atoms with van der Waals surface area (Å²) in [7, 11) is 0. The van der Waals surface area contributed by atoms with Crippen molar-refractivity contribution in [3.63, 3.8) is 0 Å². The summed E-state index contributed by atoms with van der Waals surface area (Å²) in [6, 6.07) is -2.29. The van der Waals surface area contributed by atoms with E-state index in [4.69, 9.17) is 9.84 Å². The topological polar surface area (TPSA) is 165 Å². The highest BCUT2D eigenvalue weighted by molar-refractivity contribution is 5.76. The van der Waals surface area contributed by atoms with Gasteiger partial charge in [-0.3, -0.25) is 9.59 Å². The summed E-state index contributed by atoms with van der Waals surface area (Å²) >= 11 is 0. The first kappa shape index (κ1) is 19.3. The van der Waals surface area contributed by atoms with Crippen molar-refractivity contribution in [3.05, 3.63) is 0 Å². The fourth-order valence-corrected chi connectivity index (χ4v) is 2.54. The van der Waals surface area contributed by atoms with Gasteiger partial charge in [-0.05, 0) is 6.92 Å². The zero-order valence-electron chi connectivity index (χ0n) is 13.0. The number of carboxylic acid groups (broad SMARTS) is 1. The van der Waals surface area contributed by atoms with Gasteiger partial charge in [-0.2, -0.15) is 0 Å². The zero-order chi connectivity index (χ0) is 17.9. The molecule has 10 heteroatoms. The average molecular weight is 334 g/mol. The lowest BCUT2D eigenvalue weighted by Gasteiger charge is -2.45. The van der Waals surface area contributed by atoms with E-state index in [9.17, 15) is 29.7 Å². The third-order valence-corrected chi connectivity index (χ3v) is 3.53. The molecule has 0 aromatic carbocycles. The number of rotatable bonds is 5. The van der Waals surface area contributed by atoms with E-state index in [0.29, 0.717) is 0 Å². The molecule has 0 aliphatic carbocycles. The lowest BCUT2D eigenvalue weighted by molar-refractivity contribution is -0.283. The molecule has 0 aromatic heterocycles. The number of aliphatic hydroxyl groups is 3. The molecular weight excluding hydrogens is 312 g/mol. The van der Waals surface area contributed by atoms with Gasteiger partial charge in [0.25, 0.3) is 5.79 Å². The van der Waals surface area contributed by atoms with E-state index in [1.54, 1.807) is 0 Å². The van der Waals surface area contributed by atoms with Crippen LogP contribution in [0.2, 0.25) is 0 Å². The van der Waals surface area contributed by atoms with E-state index >= 15 is 0 Å². The minimum absolute atomic E-state index is 0.532. The van der Waals surface area contributed by atoms with E-state index in [1.807, 2.05) is 0 Å². The highest BCUT2D eigenvalue weighted by Gasteiger charge is 2.53. The molecule has 23 heavy (non-hydrogen) atoms. The molecule has 1 aliphatic rings. The molecule has 1 fully saturated rings. The van der Waals surface area contributed by atoms with Crippen molar-refractivity contribution in [2.24, 2.45) is 0 Å². The number of aliphatic hydroxyl groups excluding tert-OH is 2. The fraction of sp³-hybridized carbons (Fsp3) is 0.769. The first-order chi connectivity index (χ1) is 10.5. The molecule has 6 N–H and O–H groups in total. The van der Waals surface area contributed by atoms with E-state index in [-0.39, 0.29) is 0 Å². The van der Waals surface area contributed by atoms with Crippen molar-refractivity contribution in [1.29, 1.82) is 0 Å². The number of hydrogen-bond acceptors (Lipinski definition) is 7. The first-order valence-corrected chi connectivity index (χ1v) is 7.02. The van der Waals surface area contributed by atoms with Gasteiger partial charge in [-0.1, -0.05) is 0 Å². The van der Waals surface area contributed by atoms with Crippen molar-refractivity contribution in [1.82, 2.24) is 10.6 Å². The molecule has 2 amide bonds. The molecular formula is C13H22N2O8. The Labute approximate surface area is 132 Å². The van der Waals surface area contributed by atoms with Crippen LogP contribution in [0.25, 0.3) is 0 Å². The van der Waals surface area contributed by atoms with Gasteiger partial charge in [0.1, 0.15) is 6.10 Å². The summed E-state index contributed by atoms with van der Waals surface area (Å²) in [5, 5.41) is 43.8. The van der Waals surface area contributed by atoms with Gasteiger partial charge in [-0.25, -0.2) is 4.79 Å².